The third kappa shape index (κ3) is 7.41. The number of halogens is 1. The lowest BCUT2D eigenvalue weighted by Gasteiger charge is -2.33. The second kappa shape index (κ2) is 12.2. The van der Waals surface area contributed by atoms with Crippen molar-refractivity contribution in [1.29, 1.82) is 0 Å². The highest BCUT2D eigenvalue weighted by molar-refractivity contribution is 9.10. The monoisotopic (exact) mass is 571 g/mol. The number of nitrogens with zero attached hydrogens (tertiary/aromatic N) is 2. The molecule has 1 N–H and O–H groups in total. The van der Waals surface area contributed by atoms with E-state index in [9.17, 15) is 18.0 Å². The Morgan fingerprint density at radius 2 is 1.61 bits per heavy atom. The molecule has 36 heavy (non-hydrogen) atoms. The Kier molecular flexibility index (Phi) is 9.28. The van der Waals surface area contributed by atoms with Gasteiger partial charge in [0.05, 0.1) is 11.9 Å². The van der Waals surface area contributed by atoms with Crippen LogP contribution in [0.2, 0.25) is 0 Å². The summed E-state index contributed by atoms with van der Waals surface area (Å²) < 4.78 is 27.4. The average molecular weight is 573 g/mol. The SMILES string of the molecule is CNC(=O)[C@H](Cc1ccccc1)N(Cc1cccc(Br)c1)C(=O)CN(c1cccc(C)c1)S(C)(=O)=O. The van der Waals surface area contributed by atoms with E-state index in [1.807, 2.05) is 67.6 Å². The average Bonchev–Trinajstić information content (AvgIpc) is 2.84. The van der Waals surface area contributed by atoms with E-state index in [2.05, 4.69) is 21.2 Å². The molecular weight excluding hydrogens is 542 g/mol. The summed E-state index contributed by atoms with van der Waals surface area (Å²) >= 11 is 3.46. The van der Waals surface area contributed by atoms with Gasteiger partial charge in [-0.1, -0.05) is 70.5 Å². The van der Waals surface area contributed by atoms with Crippen molar-refractivity contribution in [3.63, 3.8) is 0 Å². The van der Waals surface area contributed by atoms with Crippen molar-refractivity contribution in [3.05, 3.63) is 100 Å². The molecular formula is C27H30BrN3O4S. The molecule has 0 saturated heterocycles. The van der Waals surface area contributed by atoms with Gasteiger partial charge in [-0.2, -0.15) is 0 Å². The van der Waals surface area contributed by atoms with E-state index in [0.29, 0.717) is 5.69 Å². The number of likely N-dealkylation sites (N-methyl/N-ethyl adjacent to an activating group) is 1. The van der Waals surface area contributed by atoms with Crippen LogP contribution in [0.5, 0.6) is 0 Å². The molecule has 1 atom stereocenters. The second-order valence-corrected chi connectivity index (χ2v) is 11.4. The molecule has 3 aromatic carbocycles. The number of carbonyl (C=O) groups excluding carboxylic acids is 2. The minimum atomic E-state index is -3.78. The number of anilines is 1. The lowest BCUT2D eigenvalue weighted by molar-refractivity contribution is -0.139. The zero-order valence-corrected chi connectivity index (χ0v) is 22.9. The predicted octanol–water partition coefficient (Wildman–Crippen LogP) is 3.91. The number of aryl methyl sites for hydroxylation is 1. The summed E-state index contributed by atoms with van der Waals surface area (Å²) in [4.78, 5) is 28.4. The number of sulfonamides is 1. The van der Waals surface area contributed by atoms with Crippen molar-refractivity contribution in [2.45, 2.75) is 25.9 Å². The number of amides is 2. The molecule has 7 nitrogen and oxygen atoms in total. The zero-order valence-electron chi connectivity index (χ0n) is 20.5. The summed E-state index contributed by atoms with van der Waals surface area (Å²) in [5.41, 5.74) is 2.96. The fraction of sp³-hybridized carbons (Fsp3) is 0.259. The van der Waals surface area contributed by atoms with Gasteiger partial charge in [0.1, 0.15) is 12.6 Å². The number of hydrogen-bond donors (Lipinski definition) is 1. The molecule has 0 heterocycles. The van der Waals surface area contributed by atoms with Crippen LogP contribution in [0.4, 0.5) is 5.69 Å². The first-order valence-corrected chi connectivity index (χ1v) is 14.1. The van der Waals surface area contributed by atoms with E-state index in [1.54, 1.807) is 18.2 Å². The fourth-order valence-electron chi connectivity index (χ4n) is 3.95. The number of rotatable bonds is 10. The first-order chi connectivity index (χ1) is 17.1. The van der Waals surface area contributed by atoms with Crippen molar-refractivity contribution in [2.24, 2.45) is 0 Å². The predicted molar refractivity (Wildman–Crippen MR) is 146 cm³/mol. The first kappa shape index (κ1) is 27.4. The molecule has 0 unspecified atom stereocenters. The van der Waals surface area contributed by atoms with E-state index < -0.39 is 28.5 Å². The topological polar surface area (TPSA) is 86.8 Å². The zero-order chi connectivity index (χ0) is 26.3. The van der Waals surface area contributed by atoms with Crippen molar-refractivity contribution >= 4 is 43.5 Å². The number of nitrogens with one attached hydrogen (secondary N) is 1. The maximum absolute atomic E-state index is 13.8. The van der Waals surface area contributed by atoms with Crippen LogP contribution in [0.25, 0.3) is 0 Å². The third-order valence-electron chi connectivity index (χ3n) is 5.73. The molecule has 0 aliphatic rings. The van der Waals surface area contributed by atoms with Gasteiger partial charge in [-0.3, -0.25) is 13.9 Å². The first-order valence-electron chi connectivity index (χ1n) is 11.4. The van der Waals surface area contributed by atoms with Gasteiger partial charge in [-0.05, 0) is 47.9 Å². The highest BCUT2D eigenvalue weighted by Crippen LogP contribution is 2.22. The Balaban J connectivity index is 2.03. The van der Waals surface area contributed by atoms with E-state index in [0.717, 1.165) is 31.7 Å². The third-order valence-corrected chi connectivity index (χ3v) is 7.36. The van der Waals surface area contributed by atoms with Gasteiger partial charge in [0.2, 0.25) is 21.8 Å². The highest BCUT2D eigenvalue weighted by atomic mass is 79.9. The van der Waals surface area contributed by atoms with Crippen molar-refractivity contribution in [1.82, 2.24) is 10.2 Å². The summed E-state index contributed by atoms with van der Waals surface area (Å²) in [6.45, 7) is 1.56. The Labute approximate surface area is 221 Å². The van der Waals surface area contributed by atoms with Crippen LogP contribution >= 0.6 is 15.9 Å². The summed E-state index contributed by atoms with van der Waals surface area (Å²) in [6.07, 6.45) is 1.35. The molecule has 0 radical (unpaired) electrons. The van der Waals surface area contributed by atoms with Gasteiger partial charge < -0.3 is 10.2 Å². The molecule has 0 saturated carbocycles. The maximum atomic E-state index is 13.8. The van der Waals surface area contributed by atoms with E-state index in [-0.39, 0.29) is 18.9 Å². The molecule has 2 amide bonds. The van der Waals surface area contributed by atoms with Gasteiger partial charge in [0.25, 0.3) is 0 Å². The standard InChI is InChI=1S/C27H30BrN3O4S/c1-20-9-7-14-24(15-20)31(36(3,34)35)19-26(32)30(18-22-12-8-13-23(28)16-22)25(27(33)29-2)17-21-10-5-4-6-11-21/h4-16,25H,17-19H2,1-3H3,(H,29,33)/t25-/m0/s1. The van der Waals surface area contributed by atoms with Gasteiger partial charge in [-0.15, -0.1) is 0 Å². The van der Waals surface area contributed by atoms with Crippen molar-refractivity contribution in [3.8, 4) is 0 Å². The molecule has 0 bridgehead atoms. The molecule has 0 fully saturated rings. The van der Waals surface area contributed by atoms with Gasteiger partial charge in [0, 0.05) is 24.5 Å². The van der Waals surface area contributed by atoms with Crippen LogP contribution in [0.3, 0.4) is 0 Å². The van der Waals surface area contributed by atoms with Crippen LogP contribution in [0.15, 0.2) is 83.3 Å². The van der Waals surface area contributed by atoms with Crippen LogP contribution in [0, 0.1) is 6.92 Å². The highest BCUT2D eigenvalue weighted by Gasteiger charge is 2.32. The summed E-state index contributed by atoms with van der Waals surface area (Å²) in [5.74, 6) is -0.810. The molecule has 0 spiro atoms. The van der Waals surface area contributed by atoms with Crippen LogP contribution < -0.4 is 9.62 Å². The minimum absolute atomic E-state index is 0.134. The Morgan fingerprint density at radius 1 is 0.944 bits per heavy atom. The molecule has 0 aliphatic carbocycles. The molecule has 3 rings (SSSR count). The quantitative estimate of drug-likeness (QED) is 0.399. The Hall–Kier alpha value is -3.17. The number of benzene rings is 3. The summed E-state index contributed by atoms with van der Waals surface area (Å²) in [6, 6.07) is 23.0. The number of hydrogen-bond acceptors (Lipinski definition) is 4. The van der Waals surface area contributed by atoms with E-state index in [1.165, 1.54) is 11.9 Å². The van der Waals surface area contributed by atoms with Crippen LogP contribution in [-0.4, -0.2) is 51.0 Å². The largest absolute Gasteiger partial charge is 0.357 e. The molecule has 0 aromatic heterocycles. The smallest absolute Gasteiger partial charge is 0.244 e. The lowest BCUT2D eigenvalue weighted by Crippen LogP contribution is -2.52. The second-order valence-electron chi connectivity index (χ2n) is 8.58. The van der Waals surface area contributed by atoms with Gasteiger partial charge in [-0.25, -0.2) is 8.42 Å². The number of carbonyl (C=O) groups is 2. The van der Waals surface area contributed by atoms with Crippen LogP contribution in [-0.2, 0) is 32.6 Å². The minimum Gasteiger partial charge on any atom is -0.357 e. The molecule has 9 heteroatoms. The Morgan fingerprint density at radius 3 is 2.22 bits per heavy atom. The maximum Gasteiger partial charge on any atom is 0.244 e. The van der Waals surface area contributed by atoms with Crippen LogP contribution in [0.1, 0.15) is 16.7 Å². The van der Waals surface area contributed by atoms with Gasteiger partial charge >= 0.3 is 0 Å². The lowest BCUT2D eigenvalue weighted by atomic mass is 10.0. The van der Waals surface area contributed by atoms with Crippen molar-refractivity contribution in [2.75, 3.05) is 24.2 Å². The normalized spacial score (nSPS) is 12.0. The van der Waals surface area contributed by atoms with E-state index in [4.69, 9.17) is 0 Å². The van der Waals surface area contributed by atoms with Crippen molar-refractivity contribution < 1.29 is 18.0 Å². The molecule has 190 valence electrons. The van der Waals surface area contributed by atoms with Gasteiger partial charge in [0.15, 0.2) is 0 Å². The molecule has 3 aromatic rings. The fourth-order valence-corrected chi connectivity index (χ4v) is 5.24. The molecule has 0 aliphatic heterocycles. The Bertz CT molecular complexity index is 1320. The summed E-state index contributed by atoms with van der Waals surface area (Å²) in [7, 11) is -2.25. The van der Waals surface area contributed by atoms with E-state index >= 15 is 0 Å². The summed E-state index contributed by atoms with van der Waals surface area (Å²) in [5, 5.41) is 2.67.